The van der Waals surface area contributed by atoms with Crippen LogP contribution >= 0.6 is 11.3 Å². The van der Waals surface area contributed by atoms with E-state index in [1.807, 2.05) is 66.9 Å². The van der Waals surface area contributed by atoms with E-state index < -0.39 is 6.10 Å². The van der Waals surface area contributed by atoms with Crippen molar-refractivity contribution in [3.8, 4) is 11.5 Å². The van der Waals surface area contributed by atoms with E-state index in [0.717, 1.165) is 21.8 Å². The van der Waals surface area contributed by atoms with E-state index in [9.17, 15) is 9.59 Å². The van der Waals surface area contributed by atoms with Crippen molar-refractivity contribution in [1.29, 1.82) is 0 Å². The predicted molar refractivity (Wildman–Crippen MR) is 125 cm³/mol. The maximum Gasteiger partial charge on any atom is 0.264 e. The maximum atomic E-state index is 13.1. The van der Waals surface area contributed by atoms with Crippen molar-refractivity contribution in [2.24, 2.45) is 0 Å². The molecule has 0 spiro atoms. The van der Waals surface area contributed by atoms with Crippen molar-refractivity contribution >= 4 is 28.8 Å². The van der Waals surface area contributed by atoms with Crippen molar-refractivity contribution in [2.75, 3.05) is 12.4 Å². The number of anilines is 1. The number of hydrogen-bond acceptors (Lipinski definition) is 5. The molecule has 3 aromatic rings. The Morgan fingerprint density at radius 2 is 2.03 bits per heavy atom. The highest BCUT2D eigenvalue weighted by molar-refractivity contribution is 7.10. The minimum atomic E-state index is -0.534. The van der Waals surface area contributed by atoms with Crippen LogP contribution in [-0.2, 0) is 29.1 Å². The highest BCUT2D eigenvalue weighted by atomic mass is 32.1. The summed E-state index contributed by atoms with van der Waals surface area (Å²) in [6.45, 7) is 2.82. The second-order valence-corrected chi connectivity index (χ2v) is 8.72. The average molecular weight is 451 g/mol. The van der Waals surface area contributed by atoms with E-state index in [4.69, 9.17) is 9.47 Å². The molecule has 7 heteroatoms. The van der Waals surface area contributed by atoms with E-state index in [1.165, 1.54) is 0 Å². The quantitative estimate of drug-likeness (QED) is 0.570. The van der Waals surface area contributed by atoms with Crippen LogP contribution in [0.1, 0.15) is 29.3 Å². The summed E-state index contributed by atoms with van der Waals surface area (Å²) in [6, 6.07) is 17.1. The Hall–Kier alpha value is -3.32. The molecule has 2 amide bonds. The summed E-state index contributed by atoms with van der Waals surface area (Å²) >= 11 is 1.56. The first-order chi connectivity index (χ1) is 15.6. The second kappa shape index (κ2) is 9.87. The van der Waals surface area contributed by atoms with Gasteiger partial charge in [-0.15, -0.1) is 11.3 Å². The van der Waals surface area contributed by atoms with Gasteiger partial charge in [-0.05, 0) is 53.8 Å². The molecule has 1 atom stereocenters. The normalized spacial score (nSPS) is 15.5. The SMILES string of the molecule is CC[C@@H]1Oc2ccc(NC(=O)Cc3cccs3)cc2CN(Cc2ccc(OC)cc2)C1=O. The van der Waals surface area contributed by atoms with Crippen molar-refractivity contribution in [3.05, 3.63) is 76.0 Å². The summed E-state index contributed by atoms with van der Waals surface area (Å²) in [4.78, 5) is 28.4. The van der Waals surface area contributed by atoms with Crippen LogP contribution in [0, 0.1) is 0 Å². The molecule has 0 saturated carbocycles. The number of hydrogen-bond donors (Lipinski definition) is 1. The standard InChI is InChI=1S/C25H26N2O4S/c1-3-22-25(29)27(15-17-6-9-20(30-2)10-7-17)16-18-13-19(8-11-23(18)31-22)26-24(28)14-21-5-4-12-32-21/h4-13,22H,3,14-16H2,1-2H3,(H,26,28)/t22-/m0/s1. The van der Waals surface area contributed by atoms with E-state index in [-0.39, 0.29) is 11.8 Å². The van der Waals surface area contributed by atoms with Crippen LogP contribution in [0.25, 0.3) is 0 Å². The third kappa shape index (κ3) is 5.11. The second-order valence-electron chi connectivity index (χ2n) is 7.68. The van der Waals surface area contributed by atoms with Gasteiger partial charge < -0.3 is 19.7 Å². The summed E-state index contributed by atoms with van der Waals surface area (Å²) in [5, 5.41) is 4.92. The van der Waals surface area contributed by atoms with Gasteiger partial charge in [0.15, 0.2) is 6.10 Å². The van der Waals surface area contributed by atoms with Crippen LogP contribution in [0.2, 0.25) is 0 Å². The molecule has 1 aliphatic rings. The number of fused-ring (bicyclic) bond motifs is 1. The molecule has 1 N–H and O–H groups in total. The molecule has 2 aromatic carbocycles. The first-order valence-electron chi connectivity index (χ1n) is 10.6. The fourth-order valence-corrected chi connectivity index (χ4v) is 4.41. The van der Waals surface area contributed by atoms with Gasteiger partial charge in [-0.1, -0.05) is 25.1 Å². The Morgan fingerprint density at radius 1 is 1.22 bits per heavy atom. The highest BCUT2D eigenvalue weighted by Crippen LogP contribution is 2.30. The lowest BCUT2D eigenvalue weighted by Gasteiger charge is -2.23. The number of nitrogens with one attached hydrogen (secondary N) is 1. The number of nitrogens with zero attached hydrogens (tertiary/aromatic N) is 1. The fraction of sp³-hybridized carbons (Fsp3) is 0.280. The molecule has 0 saturated heterocycles. The molecule has 0 aliphatic carbocycles. The smallest absolute Gasteiger partial charge is 0.264 e. The summed E-state index contributed by atoms with van der Waals surface area (Å²) in [5.74, 6) is 1.35. The Balaban J connectivity index is 1.53. The topological polar surface area (TPSA) is 67.9 Å². The van der Waals surface area contributed by atoms with Gasteiger partial charge in [0.25, 0.3) is 5.91 Å². The number of carbonyl (C=O) groups is 2. The van der Waals surface area contributed by atoms with E-state index in [0.29, 0.717) is 37.4 Å². The Labute approximate surface area is 191 Å². The van der Waals surface area contributed by atoms with E-state index in [1.54, 1.807) is 23.3 Å². The summed E-state index contributed by atoms with van der Waals surface area (Å²) < 4.78 is 11.3. The van der Waals surface area contributed by atoms with Gasteiger partial charge in [-0.3, -0.25) is 9.59 Å². The molecule has 1 aliphatic heterocycles. The maximum absolute atomic E-state index is 13.1. The van der Waals surface area contributed by atoms with Crippen LogP contribution in [0.5, 0.6) is 11.5 Å². The van der Waals surface area contributed by atoms with E-state index >= 15 is 0 Å². The molecular formula is C25H26N2O4S. The molecular weight excluding hydrogens is 424 g/mol. The van der Waals surface area contributed by atoms with Crippen molar-refractivity contribution in [1.82, 2.24) is 4.90 Å². The van der Waals surface area contributed by atoms with Crippen LogP contribution in [-0.4, -0.2) is 29.9 Å². The minimum Gasteiger partial charge on any atom is -0.497 e. The number of thiophene rings is 1. The zero-order valence-corrected chi connectivity index (χ0v) is 19.0. The Bertz CT molecular complexity index is 1080. The minimum absolute atomic E-state index is 0.0391. The lowest BCUT2D eigenvalue weighted by molar-refractivity contribution is -0.139. The van der Waals surface area contributed by atoms with Gasteiger partial charge in [0.05, 0.1) is 13.5 Å². The summed E-state index contributed by atoms with van der Waals surface area (Å²) in [7, 11) is 1.63. The van der Waals surface area contributed by atoms with Crippen LogP contribution < -0.4 is 14.8 Å². The van der Waals surface area contributed by atoms with Crippen LogP contribution in [0.3, 0.4) is 0 Å². The Kier molecular flexibility index (Phi) is 6.75. The van der Waals surface area contributed by atoms with Crippen LogP contribution in [0.4, 0.5) is 5.69 Å². The number of ether oxygens (including phenoxy) is 2. The molecule has 0 bridgehead atoms. The molecule has 166 valence electrons. The largest absolute Gasteiger partial charge is 0.497 e. The Morgan fingerprint density at radius 3 is 2.72 bits per heavy atom. The first kappa shape index (κ1) is 21.9. The number of amides is 2. The number of benzene rings is 2. The van der Waals surface area contributed by atoms with Gasteiger partial charge in [-0.25, -0.2) is 0 Å². The molecule has 2 heterocycles. The van der Waals surface area contributed by atoms with Crippen molar-refractivity contribution in [2.45, 2.75) is 39.0 Å². The molecule has 32 heavy (non-hydrogen) atoms. The molecule has 0 radical (unpaired) electrons. The molecule has 6 nitrogen and oxygen atoms in total. The lowest BCUT2D eigenvalue weighted by atomic mass is 10.1. The molecule has 0 fully saturated rings. The number of rotatable bonds is 7. The summed E-state index contributed by atoms with van der Waals surface area (Å²) in [5.41, 5.74) is 2.58. The lowest BCUT2D eigenvalue weighted by Crippen LogP contribution is -2.38. The third-order valence-electron chi connectivity index (χ3n) is 5.38. The van der Waals surface area contributed by atoms with Crippen molar-refractivity contribution in [3.63, 3.8) is 0 Å². The van der Waals surface area contributed by atoms with Crippen LogP contribution in [0.15, 0.2) is 60.0 Å². The van der Waals surface area contributed by atoms with Gasteiger partial charge in [-0.2, -0.15) is 0 Å². The molecule has 0 unspecified atom stereocenters. The molecule has 4 rings (SSSR count). The highest BCUT2D eigenvalue weighted by Gasteiger charge is 2.30. The monoisotopic (exact) mass is 450 g/mol. The predicted octanol–water partition coefficient (Wildman–Crippen LogP) is 4.64. The average Bonchev–Trinajstić information content (AvgIpc) is 3.26. The number of carbonyl (C=O) groups excluding carboxylic acids is 2. The zero-order chi connectivity index (χ0) is 22.5. The van der Waals surface area contributed by atoms with E-state index in [2.05, 4.69) is 5.32 Å². The third-order valence-corrected chi connectivity index (χ3v) is 6.26. The van der Waals surface area contributed by atoms with Crippen molar-refractivity contribution < 1.29 is 19.1 Å². The van der Waals surface area contributed by atoms with Gasteiger partial charge in [0.2, 0.25) is 5.91 Å². The van der Waals surface area contributed by atoms with Gasteiger partial charge >= 0.3 is 0 Å². The van der Waals surface area contributed by atoms with Gasteiger partial charge in [0, 0.05) is 29.2 Å². The zero-order valence-electron chi connectivity index (χ0n) is 18.2. The first-order valence-corrected chi connectivity index (χ1v) is 11.5. The fourth-order valence-electron chi connectivity index (χ4n) is 3.71. The molecule has 1 aromatic heterocycles. The van der Waals surface area contributed by atoms with Gasteiger partial charge in [0.1, 0.15) is 11.5 Å². The summed E-state index contributed by atoms with van der Waals surface area (Å²) in [6.07, 6.45) is 0.385. The number of methoxy groups -OCH3 is 1.